The molecule has 0 atom stereocenters. The molecule has 1 aromatic carbocycles. The molecule has 1 saturated heterocycles. The summed E-state index contributed by atoms with van der Waals surface area (Å²) in [5.74, 6) is 1.01. The van der Waals surface area contributed by atoms with Crippen LogP contribution in [0, 0.1) is 6.92 Å². The topological polar surface area (TPSA) is 50.5 Å². The van der Waals surface area contributed by atoms with Gasteiger partial charge in [-0.15, -0.1) is 0 Å². The molecule has 1 aliphatic heterocycles. The van der Waals surface area contributed by atoms with Gasteiger partial charge >= 0.3 is 0 Å². The molecule has 2 amide bonds. The molecule has 124 valence electrons. The van der Waals surface area contributed by atoms with Crippen molar-refractivity contribution in [1.82, 2.24) is 4.90 Å². The third kappa shape index (κ3) is 3.21. The van der Waals surface area contributed by atoms with Gasteiger partial charge in [0.05, 0.1) is 4.91 Å². The minimum Gasteiger partial charge on any atom is -0.457 e. The Morgan fingerprint density at radius 1 is 1.21 bits per heavy atom. The van der Waals surface area contributed by atoms with E-state index >= 15 is 0 Å². The third-order valence-electron chi connectivity index (χ3n) is 3.68. The van der Waals surface area contributed by atoms with Crippen molar-refractivity contribution in [1.29, 1.82) is 0 Å². The number of carbonyl (C=O) groups excluding carboxylic acids is 2. The second-order valence-electron chi connectivity index (χ2n) is 5.81. The number of hydrogen-bond donors (Lipinski definition) is 0. The molecular weight excluding hydrogens is 390 g/mol. The highest BCUT2D eigenvalue weighted by Crippen LogP contribution is 2.34. The third-order valence-corrected chi connectivity index (χ3v) is 5.46. The summed E-state index contributed by atoms with van der Waals surface area (Å²) in [6.45, 7) is 5.65. The monoisotopic (exact) mass is 405 g/mol. The maximum atomic E-state index is 12.3. The SMILES string of the molecule is Cc1cc(-c2ccc(/C=C3\SC(=O)N(C(C)C)C3=O)o2)ccc1Br. The van der Waals surface area contributed by atoms with Crippen LogP contribution in [0.2, 0.25) is 0 Å². The minimum absolute atomic E-state index is 0.152. The number of amides is 2. The van der Waals surface area contributed by atoms with Crippen LogP contribution in [0.25, 0.3) is 17.4 Å². The number of rotatable bonds is 3. The van der Waals surface area contributed by atoms with E-state index in [2.05, 4.69) is 15.9 Å². The Morgan fingerprint density at radius 2 is 1.96 bits per heavy atom. The van der Waals surface area contributed by atoms with Gasteiger partial charge in [0.2, 0.25) is 0 Å². The average Bonchev–Trinajstić information content (AvgIpc) is 3.07. The number of nitrogens with zero attached hydrogens (tertiary/aromatic N) is 1. The summed E-state index contributed by atoms with van der Waals surface area (Å²) in [6, 6.07) is 9.48. The maximum Gasteiger partial charge on any atom is 0.293 e. The fraction of sp³-hybridized carbons (Fsp3) is 0.222. The van der Waals surface area contributed by atoms with E-state index in [1.54, 1.807) is 12.1 Å². The first-order valence-electron chi connectivity index (χ1n) is 7.50. The van der Waals surface area contributed by atoms with Crippen LogP contribution in [0.4, 0.5) is 4.79 Å². The highest BCUT2D eigenvalue weighted by molar-refractivity contribution is 9.10. The molecule has 4 nitrogen and oxygen atoms in total. The lowest BCUT2D eigenvalue weighted by Crippen LogP contribution is -2.34. The largest absolute Gasteiger partial charge is 0.457 e. The molecule has 2 heterocycles. The number of hydrogen-bond acceptors (Lipinski definition) is 4. The van der Waals surface area contributed by atoms with Crippen molar-refractivity contribution in [3.63, 3.8) is 0 Å². The molecule has 1 aromatic heterocycles. The quantitative estimate of drug-likeness (QED) is 0.635. The zero-order valence-corrected chi connectivity index (χ0v) is 15.9. The summed E-state index contributed by atoms with van der Waals surface area (Å²) in [7, 11) is 0. The van der Waals surface area contributed by atoms with Gasteiger partial charge in [-0.3, -0.25) is 14.5 Å². The van der Waals surface area contributed by atoms with Crippen molar-refractivity contribution in [3.05, 3.63) is 51.0 Å². The normalized spacial score (nSPS) is 16.7. The standard InChI is InChI=1S/C18H16BrNO3S/c1-10(2)20-17(21)16(24-18(20)22)9-13-5-7-15(23-13)12-4-6-14(19)11(3)8-12/h4-10H,1-3H3/b16-9-. The van der Waals surface area contributed by atoms with Crippen LogP contribution in [0.5, 0.6) is 0 Å². The van der Waals surface area contributed by atoms with Crippen LogP contribution in [-0.4, -0.2) is 22.1 Å². The highest BCUT2D eigenvalue weighted by Gasteiger charge is 2.36. The highest BCUT2D eigenvalue weighted by atomic mass is 79.9. The van der Waals surface area contributed by atoms with E-state index in [4.69, 9.17) is 4.42 Å². The van der Waals surface area contributed by atoms with Gasteiger partial charge < -0.3 is 4.42 Å². The summed E-state index contributed by atoms with van der Waals surface area (Å²) < 4.78 is 6.86. The number of imide groups is 1. The first-order valence-corrected chi connectivity index (χ1v) is 9.11. The molecule has 1 fully saturated rings. The molecule has 6 heteroatoms. The number of benzene rings is 1. The van der Waals surface area contributed by atoms with E-state index in [0.29, 0.717) is 10.7 Å². The number of thioether (sulfide) groups is 1. The van der Waals surface area contributed by atoms with Crippen molar-refractivity contribution in [2.45, 2.75) is 26.8 Å². The number of halogens is 1. The van der Waals surface area contributed by atoms with E-state index in [0.717, 1.165) is 33.1 Å². The number of carbonyl (C=O) groups is 2. The Morgan fingerprint density at radius 3 is 2.58 bits per heavy atom. The van der Waals surface area contributed by atoms with Crippen molar-refractivity contribution >= 4 is 44.9 Å². The molecule has 0 saturated carbocycles. The van der Waals surface area contributed by atoms with Crippen LogP contribution in [-0.2, 0) is 4.79 Å². The summed E-state index contributed by atoms with van der Waals surface area (Å²) in [6.07, 6.45) is 1.63. The van der Waals surface area contributed by atoms with Gasteiger partial charge in [-0.2, -0.15) is 0 Å². The molecule has 0 bridgehead atoms. The zero-order valence-electron chi connectivity index (χ0n) is 13.5. The summed E-state index contributed by atoms with van der Waals surface area (Å²) >= 11 is 4.42. The fourth-order valence-corrected chi connectivity index (χ4v) is 3.63. The van der Waals surface area contributed by atoms with E-state index < -0.39 is 0 Å². The average molecular weight is 406 g/mol. The van der Waals surface area contributed by atoms with Crippen molar-refractivity contribution < 1.29 is 14.0 Å². The molecule has 0 spiro atoms. The summed E-state index contributed by atoms with van der Waals surface area (Å²) in [5, 5.41) is -0.239. The Balaban J connectivity index is 1.87. The molecule has 2 aromatic rings. The Bertz CT molecular complexity index is 854. The van der Waals surface area contributed by atoms with Crippen LogP contribution < -0.4 is 0 Å². The van der Waals surface area contributed by atoms with Crippen molar-refractivity contribution in [2.75, 3.05) is 0 Å². The number of furan rings is 1. The Kier molecular flexibility index (Phi) is 4.69. The Labute approximate surface area is 153 Å². The molecular formula is C18H16BrNO3S. The molecule has 0 N–H and O–H groups in total. The molecule has 1 aliphatic rings. The van der Waals surface area contributed by atoms with Gasteiger partial charge in [-0.1, -0.05) is 22.0 Å². The van der Waals surface area contributed by atoms with Gasteiger partial charge in [0.1, 0.15) is 11.5 Å². The first-order chi connectivity index (χ1) is 11.4. The van der Waals surface area contributed by atoms with Gasteiger partial charge in [-0.05, 0) is 62.4 Å². The number of aryl methyl sites for hydroxylation is 1. The maximum absolute atomic E-state index is 12.3. The van der Waals surface area contributed by atoms with E-state index in [-0.39, 0.29) is 17.2 Å². The molecule has 24 heavy (non-hydrogen) atoms. The summed E-state index contributed by atoms with van der Waals surface area (Å²) in [5.41, 5.74) is 2.08. The Hall–Kier alpha value is -1.79. The predicted molar refractivity (Wildman–Crippen MR) is 99.5 cm³/mol. The lowest BCUT2D eigenvalue weighted by Gasteiger charge is -2.16. The van der Waals surface area contributed by atoms with E-state index in [9.17, 15) is 9.59 Å². The lowest BCUT2D eigenvalue weighted by atomic mass is 10.1. The lowest BCUT2D eigenvalue weighted by molar-refractivity contribution is -0.123. The molecule has 3 rings (SSSR count). The molecule has 0 radical (unpaired) electrons. The van der Waals surface area contributed by atoms with Crippen LogP contribution in [0.1, 0.15) is 25.2 Å². The zero-order chi connectivity index (χ0) is 17.4. The van der Waals surface area contributed by atoms with Crippen molar-refractivity contribution in [2.24, 2.45) is 0 Å². The predicted octanol–water partition coefficient (Wildman–Crippen LogP) is 5.46. The van der Waals surface area contributed by atoms with E-state index in [1.807, 2.05) is 45.0 Å². The first kappa shape index (κ1) is 17.0. The van der Waals surface area contributed by atoms with Crippen LogP contribution in [0.15, 0.2) is 44.1 Å². The molecule has 0 unspecified atom stereocenters. The van der Waals surface area contributed by atoms with Gasteiger partial charge in [-0.25, -0.2) is 0 Å². The van der Waals surface area contributed by atoms with Crippen molar-refractivity contribution in [3.8, 4) is 11.3 Å². The second-order valence-corrected chi connectivity index (χ2v) is 7.66. The smallest absolute Gasteiger partial charge is 0.293 e. The second kappa shape index (κ2) is 6.61. The molecule has 0 aliphatic carbocycles. The van der Waals surface area contributed by atoms with Gasteiger partial charge in [0, 0.05) is 22.2 Å². The van der Waals surface area contributed by atoms with Gasteiger partial charge in [0.15, 0.2) is 0 Å². The summed E-state index contributed by atoms with van der Waals surface area (Å²) in [4.78, 5) is 25.9. The fourth-order valence-electron chi connectivity index (χ4n) is 2.44. The van der Waals surface area contributed by atoms with E-state index in [1.165, 1.54) is 4.90 Å². The van der Waals surface area contributed by atoms with Gasteiger partial charge in [0.25, 0.3) is 11.1 Å². The van der Waals surface area contributed by atoms with Crippen LogP contribution >= 0.6 is 27.7 Å². The minimum atomic E-state index is -0.266. The van der Waals surface area contributed by atoms with Crippen LogP contribution in [0.3, 0.4) is 0 Å².